The van der Waals surface area contributed by atoms with Gasteiger partial charge in [-0.25, -0.2) is 0 Å². The average molecular weight is 815 g/mol. The van der Waals surface area contributed by atoms with Crippen LogP contribution in [0.3, 0.4) is 0 Å². The van der Waals surface area contributed by atoms with Crippen molar-refractivity contribution in [2.45, 2.75) is 78.6 Å². The maximum atomic E-state index is 2.70. The van der Waals surface area contributed by atoms with Crippen LogP contribution >= 0.6 is 0 Å². The fraction of sp³-hybridized carbons (Fsp3) is 0.200. The Bertz CT molecular complexity index is 3120. The van der Waals surface area contributed by atoms with E-state index in [4.69, 9.17) is 0 Å². The van der Waals surface area contributed by atoms with Gasteiger partial charge in [0.15, 0.2) is 0 Å². The Labute approximate surface area is 375 Å². The predicted octanol–water partition coefficient (Wildman–Crippen LogP) is 14.9. The minimum Gasteiger partial charge on any atom is -0.376 e. The van der Waals surface area contributed by atoms with Crippen molar-refractivity contribution >= 4 is 46.2 Å². The molecule has 0 N–H and O–H groups in total. The molecule has 11 rings (SSSR count). The van der Waals surface area contributed by atoms with E-state index in [1.54, 1.807) is 0 Å². The van der Waals surface area contributed by atoms with Crippen LogP contribution in [0.5, 0.6) is 0 Å². The summed E-state index contributed by atoms with van der Waals surface area (Å²) < 4.78 is 0. The number of benzene rings is 8. The lowest BCUT2D eigenvalue weighted by molar-refractivity contribution is 0.590. The van der Waals surface area contributed by atoms with E-state index in [0.29, 0.717) is 0 Å². The van der Waals surface area contributed by atoms with Gasteiger partial charge in [-0.2, -0.15) is 0 Å². The Morgan fingerprint density at radius 1 is 0.429 bits per heavy atom. The second-order valence-corrected chi connectivity index (χ2v) is 20.6. The highest BCUT2D eigenvalue weighted by Gasteiger charge is 2.50. The van der Waals surface area contributed by atoms with E-state index in [-0.39, 0.29) is 23.1 Å². The van der Waals surface area contributed by atoms with Crippen molar-refractivity contribution in [1.82, 2.24) is 0 Å². The largest absolute Gasteiger partial charge is 0.376 e. The van der Waals surface area contributed by atoms with Crippen molar-refractivity contribution in [2.75, 3.05) is 9.71 Å². The summed E-state index contributed by atoms with van der Waals surface area (Å²) in [5.74, 6) is 0. The monoisotopic (exact) mass is 814 g/mol. The van der Waals surface area contributed by atoms with Crippen LogP contribution in [0.2, 0.25) is 0 Å². The lowest BCUT2D eigenvalue weighted by atomic mass is 9.42. The van der Waals surface area contributed by atoms with Gasteiger partial charge in [-0.3, -0.25) is 0 Å². The second-order valence-electron chi connectivity index (χ2n) is 20.6. The maximum Gasteiger partial charge on any atom is 0.333 e. The molecule has 0 bridgehead atoms. The normalized spacial score (nSPS) is 14.5. The van der Waals surface area contributed by atoms with Crippen molar-refractivity contribution < 1.29 is 0 Å². The molecule has 308 valence electrons. The van der Waals surface area contributed by atoms with Gasteiger partial charge < -0.3 is 9.71 Å². The van der Waals surface area contributed by atoms with E-state index in [2.05, 4.69) is 242 Å². The molecule has 2 aliphatic heterocycles. The number of nitrogens with zero attached hydrogens (tertiary/aromatic N) is 2. The van der Waals surface area contributed by atoms with E-state index in [0.717, 1.165) is 0 Å². The van der Waals surface area contributed by atoms with Crippen LogP contribution in [0.15, 0.2) is 170 Å². The summed E-state index contributed by atoms with van der Waals surface area (Å²) in [5.41, 5.74) is 25.5. The molecule has 63 heavy (non-hydrogen) atoms. The first-order valence-corrected chi connectivity index (χ1v) is 22.7. The molecule has 0 atom stereocenters. The summed E-state index contributed by atoms with van der Waals surface area (Å²) in [6, 6.07) is 64.7. The highest BCUT2D eigenvalue weighted by Crippen LogP contribution is 2.55. The van der Waals surface area contributed by atoms with Crippen molar-refractivity contribution in [2.24, 2.45) is 0 Å². The standard InChI is InChI=1S/C60H55BN2/c1-38-19-13-14-22-44(38)40-35-48-47-37-42(59(5,6)7)29-33-52(47)63(43-30-27-41(28-31-43)58(2,3)4)61-56(48)54(36-40)62(51-26-18-16-23-45(51)39-20-11-10-12-21-39)53-34-32-50-55(57(53)61)46-24-15-17-25-49(46)60(50,8)9/h10-37H,1-9H3. The molecule has 0 aromatic heterocycles. The molecule has 0 unspecified atom stereocenters. The van der Waals surface area contributed by atoms with Gasteiger partial charge in [0.05, 0.1) is 5.69 Å². The molecule has 0 amide bonds. The number of anilines is 5. The zero-order valence-corrected chi connectivity index (χ0v) is 38.1. The van der Waals surface area contributed by atoms with Gasteiger partial charge in [0, 0.05) is 39.3 Å². The summed E-state index contributed by atoms with van der Waals surface area (Å²) in [7, 11) is 0. The number of fused-ring (bicyclic) bond motifs is 8. The van der Waals surface area contributed by atoms with Gasteiger partial charge in [0.2, 0.25) is 0 Å². The van der Waals surface area contributed by atoms with Crippen LogP contribution < -0.4 is 20.6 Å². The molecule has 0 saturated carbocycles. The third-order valence-electron chi connectivity index (χ3n) is 14.3. The topological polar surface area (TPSA) is 6.48 Å². The molecule has 2 nitrogen and oxygen atoms in total. The zero-order valence-electron chi connectivity index (χ0n) is 38.1. The Hall–Kier alpha value is -6.58. The Kier molecular flexibility index (Phi) is 8.71. The lowest BCUT2D eigenvalue weighted by Crippen LogP contribution is -2.62. The molecule has 1 aliphatic carbocycles. The van der Waals surface area contributed by atoms with Gasteiger partial charge in [0.1, 0.15) is 0 Å². The minimum absolute atomic E-state index is 0.0336. The van der Waals surface area contributed by atoms with Crippen LogP contribution in [0.1, 0.15) is 83.2 Å². The number of rotatable bonds is 4. The Morgan fingerprint density at radius 3 is 1.76 bits per heavy atom. The van der Waals surface area contributed by atoms with Gasteiger partial charge in [0.25, 0.3) is 0 Å². The summed E-state index contributed by atoms with van der Waals surface area (Å²) in [5, 5.41) is 0. The molecule has 8 aromatic rings. The van der Waals surface area contributed by atoms with Crippen LogP contribution in [-0.4, -0.2) is 6.85 Å². The predicted molar refractivity (Wildman–Crippen MR) is 271 cm³/mol. The number of hydrogen-bond donors (Lipinski definition) is 0. The van der Waals surface area contributed by atoms with Crippen molar-refractivity contribution in [1.29, 1.82) is 0 Å². The fourth-order valence-electron chi connectivity index (χ4n) is 11.0. The summed E-state index contributed by atoms with van der Waals surface area (Å²) in [6.45, 7) is 20.9. The molecule has 0 fully saturated rings. The fourth-order valence-corrected chi connectivity index (χ4v) is 11.0. The zero-order chi connectivity index (χ0) is 43.6. The maximum absolute atomic E-state index is 2.70. The Morgan fingerprint density at radius 2 is 1.05 bits per heavy atom. The van der Waals surface area contributed by atoms with Crippen LogP contribution in [-0.2, 0) is 16.2 Å². The molecule has 3 aliphatic rings. The molecule has 2 heterocycles. The quantitative estimate of drug-likeness (QED) is 0.163. The summed E-state index contributed by atoms with van der Waals surface area (Å²) in [4.78, 5) is 5.32. The highest BCUT2D eigenvalue weighted by molar-refractivity contribution is 6.94. The Balaban J connectivity index is 1.33. The van der Waals surface area contributed by atoms with Crippen molar-refractivity contribution in [3.8, 4) is 44.5 Å². The van der Waals surface area contributed by atoms with E-state index in [9.17, 15) is 0 Å². The number of aryl methyl sites for hydroxylation is 1. The molecule has 8 aromatic carbocycles. The molecule has 3 heteroatoms. The second kappa shape index (κ2) is 14.0. The van der Waals surface area contributed by atoms with Gasteiger partial charge in [-0.05, 0) is 138 Å². The summed E-state index contributed by atoms with van der Waals surface area (Å²) >= 11 is 0. The molecule has 0 saturated heterocycles. The molecular formula is C60H55BN2. The third-order valence-corrected chi connectivity index (χ3v) is 14.3. The number of para-hydroxylation sites is 1. The molecule has 0 spiro atoms. The van der Waals surface area contributed by atoms with Crippen LogP contribution in [0.25, 0.3) is 44.5 Å². The minimum atomic E-state index is -0.168. The SMILES string of the molecule is Cc1ccccc1-c1cc2c3c(c1)N(c1ccccc1-c1ccccc1)c1ccc4c(c1B3N(c1ccc(C(C)(C)C)cc1)c1ccc(C(C)(C)C)cc1-2)-c1ccccc1C4(C)C. The van der Waals surface area contributed by atoms with Gasteiger partial charge in [-0.1, -0.05) is 177 Å². The van der Waals surface area contributed by atoms with Crippen molar-refractivity contribution in [3.05, 3.63) is 198 Å². The first-order valence-electron chi connectivity index (χ1n) is 22.7. The van der Waals surface area contributed by atoms with Gasteiger partial charge >= 0.3 is 6.85 Å². The van der Waals surface area contributed by atoms with E-state index < -0.39 is 0 Å². The highest BCUT2D eigenvalue weighted by atomic mass is 15.2. The lowest BCUT2D eigenvalue weighted by Gasteiger charge is -2.47. The van der Waals surface area contributed by atoms with E-state index in [1.807, 2.05) is 0 Å². The molecule has 0 radical (unpaired) electrons. The van der Waals surface area contributed by atoms with Gasteiger partial charge in [-0.15, -0.1) is 0 Å². The third kappa shape index (κ3) is 6.00. The van der Waals surface area contributed by atoms with E-state index in [1.165, 1.54) is 112 Å². The first kappa shape index (κ1) is 39.3. The summed E-state index contributed by atoms with van der Waals surface area (Å²) in [6.07, 6.45) is 0. The smallest absolute Gasteiger partial charge is 0.333 e. The van der Waals surface area contributed by atoms with Crippen LogP contribution in [0, 0.1) is 6.92 Å². The van der Waals surface area contributed by atoms with Crippen LogP contribution in [0.4, 0.5) is 28.4 Å². The van der Waals surface area contributed by atoms with E-state index >= 15 is 0 Å². The van der Waals surface area contributed by atoms with Crippen molar-refractivity contribution in [3.63, 3.8) is 0 Å². The average Bonchev–Trinajstić information content (AvgIpc) is 3.51. The molecular weight excluding hydrogens is 759 g/mol. The first-order chi connectivity index (χ1) is 30.2. The number of hydrogen-bond acceptors (Lipinski definition) is 2.